The molecule has 2 N–H and O–H groups in total. The zero-order valence-electron chi connectivity index (χ0n) is 18.0. The lowest BCUT2D eigenvalue weighted by molar-refractivity contribution is -0.128. The van der Waals surface area contributed by atoms with Crippen LogP contribution < -0.4 is 20.1 Å². The quantitative estimate of drug-likeness (QED) is 0.731. The number of carbonyl (C=O) groups excluding carboxylic acids is 2. The van der Waals surface area contributed by atoms with Crippen molar-refractivity contribution >= 4 is 11.8 Å². The molecule has 1 fully saturated rings. The first-order valence-corrected chi connectivity index (χ1v) is 10.7. The third kappa shape index (κ3) is 5.43. The highest BCUT2D eigenvalue weighted by Crippen LogP contribution is 2.40. The second kappa shape index (κ2) is 9.06. The lowest BCUT2D eigenvalue weighted by atomic mass is 9.69. The van der Waals surface area contributed by atoms with E-state index in [1.165, 1.54) is 13.3 Å². The Morgan fingerprint density at radius 1 is 1.14 bits per heavy atom. The van der Waals surface area contributed by atoms with Crippen LogP contribution in [0.5, 0.6) is 11.5 Å². The summed E-state index contributed by atoms with van der Waals surface area (Å²) in [5, 5.41) is 5.98. The van der Waals surface area contributed by atoms with Gasteiger partial charge in [-0.1, -0.05) is 33.3 Å². The fraction of sp³-hybridized carbons (Fsp3) is 0.652. The Labute approximate surface area is 173 Å². The monoisotopic (exact) mass is 402 g/mol. The number of carbonyl (C=O) groups is 2. The Balaban J connectivity index is 1.59. The molecular weight excluding hydrogens is 368 g/mol. The van der Waals surface area contributed by atoms with E-state index >= 15 is 0 Å². The van der Waals surface area contributed by atoms with Crippen LogP contribution in [0.25, 0.3) is 0 Å². The van der Waals surface area contributed by atoms with Gasteiger partial charge in [0.2, 0.25) is 18.6 Å². The van der Waals surface area contributed by atoms with Gasteiger partial charge < -0.3 is 20.1 Å². The predicted molar refractivity (Wildman–Crippen MR) is 112 cm³/mol. The summed E-state index contributed by atoms with van der Waals surface area (Å²) in [6.45, 7) is 8.59. The Morgan fingerprint density at radius 2 is 1.83 bits per heavy atom. The lowest BCUT2D eigenvalue weighted by Gasteiger charge is -2.39. The van der Waals surface area contributed by atoms with Crippen LogP contribution in [0.2, 0.25) is 0 Å². The molecule has 1 unspecified atom stereocenters. The summed E-state index contributed by atoms with van der Waals surface area (Å²) in [5.41, 5.74) is 1.28. The Morgan fingerprint density at radius 3 is 2.48 bits per heavy atom. The van der Waals surface area contributed by atoms with E-state index in [1.807, 2.05) is 18.2 Å². The molecule has 1 heterocycles. The molecule has 6 nitrogen and oxygen atoms in total. The van der Waals surface area contributed by atoms with Crippen LogP contribution in [0.3, 0.4) is 0 Å². The van der Waals surface area contributed by atoms with Crippen molar-refractivity contribution in [3.63, 3.8) is 0 Å². The summed E-state index contributed by atoms with van der Waals surface area (Å²) in [4.78, 5) is 24.6. The minimum Gasteiger partial charge on any atom is -0.454 e. The smallest absolute Gasteiger partial charge is 0.243 e. The third-order valence-corrected chi connectivity index (χ3v) is 6.66. The van der Waals surface area contributed by atoms with Gasteiger partial charge in [-0.3, -0.25) is 9.59 Å². The van der Waals surface area contributed by atoms with Gasteiger partial charge >= 0.3 is 0 Å². The number of amides is 2. The average molecular weight is 403 g/mol. The third-order valence-electron chi connectivity index (χ3n) is 6.66. The van der Waals surface area contributed by atoms with Crippen LogP contribution in [0.4, 0.5) is 0 Å². The van der Waals surface area contributed by atoms with E-state index in [-0.39, 0.29) is 24.6 Å². The van der Waals surface area contributed by atoms with Crippen LogP contribution in [0.1, 0.15) is 65.4 Å². The van der Waals surface area contributed by atoms with Gasteiger partial charge in [0.15, 0.2) is 11.5 Å². The van der Waals surface area contributed by atoms with Gasteiger partial charge in [-0.2, -0.15) is 0 Å². The van der Waals surface area contributed by atoms with Crippen molar-refractivity contribution in [2.45, 2.75) is 78.3 Å². The summed E-state index contributed by atoms with van der Waals surface area (Å²) in [6, 6.07) is 5.21. The first-order valence-electron chi connectivity index (χ1n) is 10.7. The molecule has 6 heteroatoms. The molecule has 0 bridgehead atoms. The van der Waals surface area contributed by atoms with E-state index in [0.29, 0.717) is 29.3 Å². The number of hydrogen-bond donors (Lipinski definition) is 2. The van der Waals surface area contributed by atoms with E-state index in [0.717, 1.165) is 31.2 Å². The number of fused-ring (bicyclic) bond motifs is 1. The molecule has 0 aromatic heterocycles. The highest BCUT2D eigenvalue weighted by atomic mass is 16.7. The number of hydrogen-bond acceptors (Lipinski definition) is 4. The number of benzene rings is 1. The van der Waals surface area contributed by atoms with Crippen molar-refractivity contribution in [1.29, 1.82) is 0 Å². The molecule has 0 radical (unpaired) electrons. The maximum absolute atomic E-state index is 12.9. The highest BCUT2D eigenvalue weighted by Gasteiger charge is 2.33. The summed E-state index contributed by atoms with van der Waals surface area (Å²) in [5.74, 6) is 1.78. The number of ether oxygens (including phenoxy) is 2. The molecule has 0 saturated heterocycles. The minimum atomic E-state index is -0.599. The molecular formula is C23H34N2O4. The molecule has 1 atom stereocenters. The minimum absolute atomic E-state index is 0.115. The normalized spacial score (nSPS) is 22.1. The zero-order valence-corrected chi connectivity index (χ0v) is 18.0. The Hall–Kier alpha value is -2.24. The van der Waals surface area contributed by atoms with Gasteiger partial charge in [-0.15, -0.1) is 0 Å². The van der Waals surface area contributed by atoms with Crippen LogP contribution in [0, 0.1) is 11.3 Å². The highest BCUT2D eigenvalue weighted by molar-refractivity contribution is 5.87. The van der Waals surface area contributed by atoms with Gasteiger partial charge in [0.25, 0.3) is 0 Å². The van der Waals surface area contributed by atoms with Crippen LogP contribution in [-0.4, -0.2) is 30.7 Å². The second-order valence-corrected chi connectivity index (χ2v) is 9.04. The lowest BCUT2D eigenvalue weighted by Crippen LogP contribution is -2.51. The molecule has 1 aliphatic carbocycles. The molecule has 160 valence electrons. The van der Waals surface area contributed by atoms with Crippen molar-refractivity contribution in [1.82, 2.24) is 10.6 Å². The molecule has 1 aromatic rings. The van der Waals surface area contributed by atoms with Crippen molar-refractivity contribution < 1.29 is 19.1 Å². The first-order chi connectivity index (χ1) is 13.8. The molecule has 1 aromatic carbocycles. The topological polar surface area (TPSA) is 76.7 Å². The molecule has 3 rings (SSSR count). The largest absolute Gasteiger partial charge is 0.454 e. The van der Waals surface area contributed by atoms with E-state index < -0.39 is 6.04 Å². The van der Waals surface area contributed by atoms with E-state index in [1.54, 1.807) is 0 Å². The molecule has 2 aliphatic rings. The van der Waals surface area contributed by atoms with Crippen LogP contribution in [0.15, 0.2) is 18.2 Å². The average Bonchev–Trinajstić information content (AvgIpc) is 3.15. The molecule has 2 amide bonds. The maximum atomic E-state index is 12.9. The molecule has 1 aliphatic heterocycles. The van der Waals surface area contributed by atoms with Crippen molar-refractivity contribution in [3.05, 3.63) is 23.8 Å². The number of nitrogens with one attached hydrogen (secondary N) is 2. The Kier molecular flexibility index (Phi) is 6.70. The van der Waals surface area contributed by atoms with E-state index in [2.05, 4.69) is 31.4 Å². The molecule has 29 heavy (non-hydrogen) atoms. The summed E-state index contributed by atoms with van der Waals surface area (Å²) < 4.78 is 10.8. The fourth-order valence-electron chi connectivity index (χ4n) is 4.37. The Bertz CT molecular complexity index is 738. The predicted octanol–water partition coefficient (Wildman–Crippen LogP) is 3.57. The van der Waals surface area contributed by atoms with Crippen molar-refractivity contribution in [3.8, 4) is 11.5 Å². The fourth-order valence-corrected chi connectivity index (χ4v) is 4.37. The van der Waals surface area contributed by atoms with Crippen molar-refractivity contribution in [2.24, 2.45) is 11.3 Å². The molecule has 1 saturated carbocycles. The second-order valence-electron chi connectivity index (χ2n) is 9.04. The zero-order chi connectivity index (χ0) is 21.0. The van der Waals surface area contributed by atoms with Gasteiger partial charge in [0.05, 0.1) is 0 Å². The van der Waals surface area contributed by atoms with Gasteiger partial charge in [0, 0.05) is 19.4 Å². The van der Waals surface area contributed by atoms with E-state index in [9.17, 15) is 9.59 Å². The maximum Gasteiger partial charge on any atom is 0.243 e. The summed E-state index contributed by atoms with van der Waals surface area (Å²) >= 11 is 0. The van der Waals surface area contributed by atoms with Gasteiger partial charge in [-0.25, -0.2) is 0 Å². The van der Waals surface area contributed by atoms with Gasteiger partial charge in [0.1, 0.15) is 6.04 Å². The van der Waals surface area contributed by atoms with E-state index in [4.69, 9.17) is 9.47 Å². The summed E-state index contributed by atoms with van der Waals surface area (Å²) in [7, 11) is 0. The van der Waals surface area contributed by atoms with Crippen LogP contribution in [-0.2, 0) is 16.0 Å². The first kappa shape index (κ1) is 21.5. The summed E-state index contributed by atoms with van der Waals surface area (Å²) in [6.07, 6.45) is 5.86. The van der Waals surface area contributed by atoms with Crippen molar-refractivity contribution in [2.75, 3.05) is 6.79 Å². The van der Waals surface area contributed by atoms with Crippen LogP contribution >= 0.6 is 0 Å². The number of rotatable bonds is 7. The van der Waals surface area contributed by atoms with Gasteiger partial charge in [-0.05, 0) is 54.7 Å². The SMILES string of the molecule is CCC(C)(C)C1CCC(NC(=O)C(Cc2ccc3c(c2)OCO3)NC(C)=O)CC1. The molecule has 0 spiro atoms. The standard InChI is InChI=1S/C23H34N2O4/c1-5-23(3,4)17-7-9-18(10-8-17)25-22(27)19(24-15(2)26)12-16-6-11-20-21(13-16)29-14-28-20/h6,11,13,17-19H,5,7-10,12,14H2,1-4H3,(H,24,26)(H,25,27).